The quantitative estimate of drug-likeness (QED) is 0.639. The van der Waals surface area contributed by atoms with Gasteiger partial charge in [-0.05, 0) is 52.6 Å². The summed E-state index contributed by atoms with van der Waals surface area (Å²) >= 11 is 0. The summed E-state index contributed by atoms with van der Waals surface area (Å²) in [6.45, 7) is 0. The molecule has 0 spiro atoms. The highest BCUT2D eigenvalue weighted by molar-refractivity contribution is 6.02. The number of hydrogen-bond acceptors (Lipinski definition) is 4. The Labute approximate surface area is 182 Å². The molecule has 1 unspecified atom stereocenters. The monoisotopic (exact) mass is 439 g/mol. The van der Waals surface area contributed by atoms with Crippen molar-refractivity contribution in [3.8, 4) is 16.9 Å². The van der Waals surface area contributed by atoms with Gasteiger partial charge in [-0.25, -0.2) is 4.99 Å². The van der Waals surface area contributed by atoms with Gasteiger partial charge < -0.3 is 16.2 Å². The van der Waals surface area contributed by atoms with Crippen molar-refractivity contribution in [1.82, 2.24) is 0 Å². The Bertz CT molecular complexity index is 1240. The molecule has 4 N–H and O–H groups in total. The fourth-order valence-corrected chi connectivity index (χ4v) is 3.98. The summed E-state index contributed by atoms with van der Waals surface area (Å²) in [5, 5.41) is 0. The van der Waals surface area contributed by atoms with Crippen molar-refractivity contribution in [2.45, 2.75) is 18.1 Å². The summed E-state index contributed by atoms with van der Waals surface area (Å²) in [5.74, 6) is -0.385. The number of carbonyl (C=O) groups is 1. The van der Waals surface area contributed by atoms with Gasteiger partial charge in [-0.1, -0.05) is 36.4 Å². The van der Waals surface area contributed by atoms with Crippen LogP contribution in [0, 0.1) is 0 Å². The number of alkyl halides is 3. The van der Waals surface area contributed by atoms with E-state index in [4.69, 9.17) is 16.2 Å². The lowest BCUT2D eigenvalue weighted by Crippen LogP contribution is -2.47. The Hall–Kier alpha value is -3.81. The number of amides is 1. The van der Waals surface area contributed by atoms with Crippen molar-refractivity contribution >= 4 is 11.7 Å². The first kappa shape index (κ1) is 21.4. The fourth-order valence-electron chi connectivity index (χ4n) is 3.98. The lowest BCUT2D eigenvalue weighted by Gasteiger charge is -2.37. The second-order valence-corrected chi connectivity index (χ2v) is 7.58. The van der Waals surface area contributed by atoms with E-state index in [0.717, 1.165) is 0 Å². The molecule has 1 heterocycles. The number of amidine groups is 1. The highest BCUT2D eigenvalue weighted by atomic mass is 19.4. The molecule has 1 atom stereocenters. The Morgan fingerprint density at radius 1 is 1.03 bits per heavy atom. The van der Waals surface area contributed by atoms with E-state index < -0.39 is 24.0 Å². The first-order valence-corrected chi connectivity index (χ1v) is 9.75. The molecule has 1 aliphatic heterocycles. The number of primary amides is 1. The summed E-state index contributed by atoms with van der Waals surface area (Å²) in [7, 11) is 1.52. The molecule has 1 amide bonds. The van der Waals surface area contributed by atoms with Gasteiger partial charge in [0.15, 0.2) is 5.54 Å². The van der Waals surface area contributed by atoms with Gasteiger partial charge in [0.25, 0.3) is 0 Å². The molecule has 1 aliphatic rings. The Morgan fingerprint density at radius 3 is 2.38 bits per heavy atom. The van der Waals surface area contributed by atoms with E-state index >= 15 is 0 Å². The van der Waals surface area contributed by atoms with Crippen molar-refractivity contribution in [2.75, 3.05) is 7.11 Å². The molecule has 0 saturated carbocycles. The topological polar surface area (TPSA) is 90.7 Å². The maximum Gasteiger partial charge on any atom is 0.418 e. The normalized spacial score (nSPS) is 17.9. The van der Waals surface area contributed by atoms with Crippen LogP contribution in [-0.4, -0.2) is 25.0 Å². The molecule has 0 aromatic heterocycles. The molecule has 4 rings (SSSR count). The van der Waals surface area contributed by atoms with Crippen LogP contribution in [0.3, 0.4) is 0 Å². The van der Waals surface area contributed by atoms with Crippen molar-refractivity contribution in [3.05, 3.63) is 89.0 Å². The molecule has 8 heteroatoms. The van der Waals surface area contributed by atoms with Gasteiger partial charge in [0, 0.05) is 17.5 Å². The predicted octanol–water partition coefficient (Wildman–Crippen LogP) is 4.18. The maximum absolute atomic E-state index is 14.6. The van der Waals surface area contributed by atoms with E-state index in [2.05, 4.69) is 4.99 Å². The number of aliphatic imine (C=N–C) groups is 1. The summed E-state index contributed by atoms with van der Waals surface area (Å²) in [6.07, 6.45) is -5.25. The number of fused-ring (bicyclic) bond motifs is 1. The van der Waals surface area contributed by atoms with Crippen molar-refractivity contribution in [3.63, 3.8) is 0 Å². The summed E-state index contributed by atoms with van der Waals surface area (Å²) in [6, 6.07) is 17.4. The average molecular weight is 439 g/mol. The van der Waals surface area contributed by atoms with Gasteiger partial charge in [-0.2, -0.15) is 13.2 Å². The summed E-state index contributed by atoms with van der Waals surface area (Å²) in [4.78, 5) is 15.5. The molecule has 0 radical (unpaired) electrons. The zero-order chi connectivity index (χ0) is 23.1. The standard InChI is InChI=1S/C24H20F3N3O2/c1-32-19-7-3-5-15(12-19)14-4-2-6-18(11-14)23(24(25,26)27)13-17-10-16(22(29)31)8-9-20(17)21(28)30-23/h2-12H,13H2,1H3,(H2,28,30)(H2,29,31). The van der Waals surface area contributed by atoms with Crippen LogP contribution in [0.15, 0.2) is 71.7 Å². The van der Waals surface area contributed by atoms with E-state index in [1.807, 2.05) is 0 Å². The van der Waals surface area contributed by atoms with E-state index in [0.29, 0.717) is 22.4 Å². The molecule has 0 aliphatic carbocycles. The van der Waals surface area contributed by atoms with E-state index in [1.165, 1.54) is 37.4 Å². The third-order valence-corrected chi connectivity index (χ3v) is 5.64. The molecular weight excluding hydrogens is 419 g/mol. The highest BCUT2D eigenvalue weighted by Gasteiger charge is 2.58. The molecule has 32 heavy (non-hydrogen) atoms. The van der Waals surface area contributed by atoms with Crippen molar-refractivity contribution in [1.29, 1.82) is 0 Å². The molecule has 0 saturated heterocycles. The minimum Gasteiger partial charge on any atom is -0.497 e. The molecular formula is C24H20F3N3O2. The van der Waals surface area contributed by atoms with E-state index in [-0.39, 0.29) is 22.5 Å². The van der Waals surface area contributed by atoms with Crippen LogP contribution >= 0.6 is 0 Å². The molecule has 164 valence electrons. The van der Waals surface area contributed by atoms with Crippen LogP contribution in [0.25, 0.3) is 11.1 Å². The smallest absolute Gasteiger partial charge is 0.418 e. The van der Waals surface area contributed by atoms with Crippen molar-refractivity contribution in [2.24, 2.45) is 16.5 Å². The first-order valence-electron chi connectivity index (χ1n) is 9.75. The molecule has 3 aromatic rings. The predicted molar refractivity (Wildman–Crippen MR) is 116 cm³/mol. The Morgan fingerprint density at radius 2 is 1.72 bits per heavy atom. The number of rotatable bonds is 4. The van der Waals surface area contributed by atoms with Crippen LogP contribution in [-0.2, 0) is 12.0 Å². The number of nitrogens with two attached hydrogens (primary N) is 2. The SMILES string of the molecule is COc1cccc(-c2cccc(C3(C(F)(F)F)Cc4cc(C(N)=O)ccc4C(N)=N3)c2)c1. The van der Waals surface area contributed by atoms with Gasteiger partial charge in [0.1, 0.15) is 11.6 Å². The fraction of sp³-hybridized carbons (Fsp3) is 0.167. The van der Waals surface area contributed by atoms with Crippen LogP contribution in [0.4, 0.5) is 13.2 Å². The number of carbonyl (C=O) groups excluding carboxylic acids is 1. The van der Waals surface area contributed by atoms with Crippen LogP contribution in [0.2, 0.25) is 0 Å². The van der Waals surface area contributed by atoms with Gasteiger partial charge in [0.05, 0.1) is 7.11 Å². The number of benzene rings is 3. The van der Waals surface area contributed by atoms with Crippen LogP contribution in [0.5, 0.6) is 5.75 Å². The number of methoxy groups -OCH3 is 1. The summed E-state index contributed by atoms with van der Waals surface area (Å²) in [5.41, 5.74) is 10.7. The molecule has 3 aromatic carbocycles. The first-order chi connectivity index (χ1) is 15.1. The largest absolute Gasteiger partial charge is 0.497 e. The van der Waals surface area contributed by atoms with Gasteiger partial charge >= 0.3 is 6.18 Å². The molecule has 0 bridgehead atoms. The van der Waals surface area contributed by atoms with Gasteiger partial charge in [-0.15, -0.1) is 0 Å². The van der Waals surface area contributed by atoms with Crippen molar-refractivity contribution < 1.29 is 22.7 Å². The highest BCUT2D eigenvalue weighted by Crippen LogP contribution is 2.48. The van der Waals surface area contributed by atoms with E-state index in [1.54, 1.807) is 36.4 Å². The lowest BCUT2D eigenvalue weighted by molar-refractivity contribution is -0.189. The second-order valence-electron chi connectivity index (χ2n) is 7.58. The molecule has 0 fully saturated rings. The number of halogens is 3. The zero-order valence-electron chi connectivity index (χ0n) is 17.1. The maximum atomic E-state index is 14.6. The van der Waals surface area contributed by atoms with Gasteiger partial charge in [0.2, 0.25) is 5.91 Å². The number of hydrogen-bond donors (Lipinski definition) is 2. The van der Waals surface area contributed by atoms with Crippen LogP contribution in [0.1, 0.15) is 27.0 Å². The minimum atomic E-state index is -4.75. The van der Waals surface area contributed by atoms with E-state index in [9.17, 15) is 18.0 Å². The third kappa shape index (κ3) is 3.57. The van der Waals surface area contributed by atoms with Crippen LogP contribution < -0.4 is 16.2 Å². The summed E-state index contributed by atoms with van der Waals surface area (Å²) < 4.78 is 49.0. The number of ether oxygens (including phenoxy) is 1. The third-order valence-electron chi connectivity index (χ3n) is 5.64. The Balaban J connectivity index is 1.88. The number of nitrogens with zero attached hydrogens (tertiary/aromatic N) is 1. The lowest BCUT2D eigenvalue weighted by atomic mass is 9.78. The second kappa shape index (κ2) is 7.71. The Kier molecular flexibility index (Phi) is 5.16. The van der Waals surface area contributed by atoms with Gasteiger partial charge in [-0.3, -0.25) is 4.79 Å². The molecule has 5 nitrogen and oxygen atoms in total. The zero-order valence-corrected chi connectivity index (χ0v) is 17.1. The minimum absolute atomic E-state index is 0.0524. The average Bonchev–Trinajstić information content (AvgIpc) is 2.78.